The number of esters is 2. The fourth-order valence-electron chi connectivity index (χ4n) is 2.06. The van der Waals surface area contributed by atoms with Crippen molar-refractivity contribution in [3.05, 3.63) is 42.5 Å². The molecule has 0 aromatic heterocycles. The van der Waals surface area contributed by atoms with E-state index in [2.05, 4.69) is 11.9 Å². The van der Waals surface area contributed by atoms with E-state index < -0.39 is 23.3 Å². The van der Waals surface area contributed by atoms with Crippen LogP contribution in [0.5, 0.6) is 0 Å². The third-order valence-electron chi connectivity index (χ3n) is 3.37. The quantitative estimate of drug-likeness (QED) is 0.449. The number of ether oxygens (including phenoxy) is 2. The lowest BCUT2D eigenvalue weighted by molar-refractivity contribution is -0.170. The molecule has 0 atom stereocenters. The van der Waals surface area contributed by atoms with Crippen molar-refractivity contribution in [2.45, 2.75) is 27.2 Å². The van der Waals surface area contributed by atoms with E-state index in [9.17, 15) is 14.4 Å². The molecule has 0 aliphatic rings. The summed E-state index contributed by atoms with van der Waals surface area (Å²) < 4.78 is 9.92. The summed E-state index contributed by atoms with van der Waals surface area (Å²) in [6.07, 6.45) is -0.191. The summed E-state index contributed by atoms with van der Waals surface area (Å²) in [6.45, 7) is 8.61. The first kappa shape index (κ1) is 19.4. The van der Waals surface area contributed by atoms with Crippen molar-refractivity contribution in [2.24, 2.45) is 5.41 Å². The Kier molecular flexibility index (Phi) is 7.17. The fraction of sp³-hybridized carbons (Fsp3) is 0.389. The number of para-hydroxylation sites is 1. The molecule has 0 spiro atoms. The summed E-state index contributed by atoms with van der Waals surface area (Å²) in [5.74, 6) is -1.95. The normalized spacial score (nSPS) is 10.6. The molecule has 0 heterocycles. The van der Waals surface area contributed by atoms with Crippen molar-refractivity contribution in [3.63, 3.8) is 0 Å². The van der Waals surface area contributed by atoms with E-state index in [4.69, 9.17) is 9.47 Å². The van der Waals surface area contributed by atoms with Crippen LogP contribution in [0.4, 0.5) is 5.69 Å². The van der Waals surface area contributed by atoms with E-state index in [0.29, 0.717) is 5.69 Å². The maximum absolute atomic E-state index is 12.2. The molecule has 0 aliphatic carbocycles. The van der Waals surface area contributed by atoms with Crippen LogP contribution in [0.15, 0.2) is 42.5 Å². The van der Waals surface area contributed by atoms with Gasteiger partial charge in [-0.05, 0) is 32.9 Å². The molecule has 1 amide bonds. The number of benzene rings is 1. The second-order valence-corrected chi connectivity index (χ2v) is 5.37. The molecule has 0 unspecified atom stereocenters. The fourth-order valence-corrected chi connectivity index (χ4v) is 2.06. The van der Waals surface area contributed by atoms with Crippen LogP contribution < -0.4 is 5.32 Å². The van der Waals surface area contributed by atoms with E-state index in [1.807, 2.05) is 6.07 Å². The summed E-state index contributed by atoms with van der Waals surface area (Å²) >= 11 is 0. The maximum Gasteiger partial charge on any atom is 0.323 e. The minimum absolute atomic E-state index is 0.0856. The van der Waals surface area contributed by atoms with Gasteiger partial charge in [0, 0.05) is 17.7 Å². The molecule has 1 rings (SSSR count). The number of carbonyl (C=O) groups is 3. The zero-order valence-corrected chi connectivity index (χ0v) is 14.3. The molecular weight excluding hydrogens is 310 g/mol. The molecule has 6 heteroatoms. The summed E-state index contributed by atoms with van der Waals surface area (Å²) in [6, 6.07) is 8.82. The highest BCUT2D eigenvalue weighted by Gasteiger charge is 2.45. The maximum atomic E-state index is 12.2. The number of anilines is 1. The zero-order chi connectivity index (χ0) is 18.2. The monoisotopic (exact) mass is 333 g/mol. The Morgan fingerprint density at radius 2 is 1.54 bits per heavy atom. The third kappa shape index (κ3) is 4.94. The lowest BCUT2D eigenvalue weighted by Gasteiger charge is -2.25. The van der Waals surface area contributed by atoms with Crippen LogP contribution in [0.25, 0.3) is 0 Å². The van der Waals surface area contributed by atoms with Gasteiger partial charge in [-0.1, -0.05) is 24.8 Å². The molecule has 130 valence electrons. The second-order valence-electron chi connectivity index (χ2n) is 5.37. The predicted octanol–water partition coefficient (Wildman–Crippen LogP) is 2.70. The van der Waals surface area contributed by atoms with E-state index in [0.717, 1.165) is 0 Å². The standard InChI is InChI=1S/C18H23NO5/c1-5-23-16(21)18(4,17(22)24-6-2)12-13(3)15(20)19-14-10-8-7-9-11-14/h7-11H,3,5-6,12H2,1-2,4H3,(H,19,20). The minimum atomic E-state index is -1.61. The van der Waals surface area contributed by atoms with Crippen molar-refractivity contribution in [3.8, 4) is 0 Å². The summed E-state index contributed by atoms with van der Waals surface area (Å²) in [5, 5.41) is 2.66. The molecule has 0 bridgehead atoms. The Bertz CT molecular complexity index is 591. The molecule has 0 saturated carbocycles. The van der Waals surface area contributed by atoms with Gasteiger partial charge in [0.1, 0.15) is 0 Å². The summed E-state index contributed by atoms with van der Waals surface area (Å²) in [7, 11) is 0. The second kappa shape index (κ2) is 8.86. The van der Waals surface area contributed by atoms with Gasteiger partial charge < -0.3 is 14.8 Å². The van der Waals surface area contributed by atoms with Gasteiger partial charge in [-0.2, -0.15) is 0 Å². The van der Waals surface area contributed by atoms with Gasteiger partial charge >= 0.3 is 11.9 Å². The average Bonchev–Trinajstić information content (AvgIpc) is 2.55. The van der Waals surface area contributed by atoms with Crippen molar-refractivity contribution >= 4 is 23.5 Å². The topological polar surface area (TPSA) is 81.7 Å². The Hall–Kier alpha value is -2.63. The number of hydrogen-bond donors (Lipinski definition) is 1. The number of nitrogens with one attached hydrogen (secondary N) is 1. The van der Waals surface area contributed by atoms with Crippen LogP contribution >= 0.6 is 0 Å². The van der Waals surface area contributed by atoms with Crippen LogP contribution in [0.1, 0.15) is 27.2 Å². The Labute approximate surface area is 141 Å². The third-order valence-corrected chi connectivity index (χ3v) is 3.37. The largest absolute Gasteiger partial charge is 0.465 e. The van der Waals surface area contributed by atoms with Gasteiger partial charge in [-0.15, -0.1) is 0 Å². The molecule has 0 aliphatic heterocycles. The van der Waals surface area contributed by atoms with Crippen molar-refractivity contribution in [2.75, 3.05) is 18.5 Å². The number of rotatable bonds is 8. The molecular formula is C18H23NO5. The number of hydrogen-bond acceptors (Lipinski definition) is 5. The highest BCUT2D eigenvalue weighted by atomic mass is 16.6. The van der Waals surface area contributed by atoms with Gasteiger partial charge in [0.2, 0.25) is 0 Å². The van der Waals surface area contributed by atoms with Crippen molar-refractivity contribution in [1.29, 1.82) is 0 Å². The number of carbonyl (C=O) groups excluding carboxylic acids is 3. The van der Waals surface area contributed by atoms with E-state index >= 15 is 0 Å². The average molecular weight is 333 g/mol. The smallest absolute Gasteiger partial charge is 0.323 e. The summed E-state index contributed by atoms with van der Waals surface area (Å²) in [4.78, 5) is 36.6. The van der Waals surface area contributed by atoms with Crippen LogP contribution in [-0.2, 0) is 23.9 Å². The van der Waals surface area contributed by atoms with E-state index in [1.54, 1.807) is 38.1 Å². The zero-order valence-electron chi connectivity index (χ0n) is 14.3. The molecule has 1 aromatic carbocycles. The van der Waals surface area contributed by atoms with E-state index in [-0.39, 0.29) is 25.2 Å². The van der Waals surface area contributed by atoms with Crippen molar-refractivity contribution < 1.29 is 23.9 Å². The molecule has 1 aromatic rings. The van der Waals surface area contributed by atoms with Gasteiger partial charge in [0.25, 0.3) is 5.91 Å². The molecule has 24 heavy (non-hydrogen) atoms. The first-order valence-corrected chi connectivity index (χ1v) is 7.73. The minimum Gasteiger partial charge on any atom is -0.465 e. The van der Waals surface area contributed by atoms with Gasteiger partial charge in [0.15, 0.2) is 5.41 Å². The lowest BCUT2D eigenvalue weighted by Crippen LogP contribution is -2.40. The first-order valence-electron chi connectivity index (χ1n) is 7.73. The van der Waals surface area contributed by atoms with E-state index in [1.165, 1.54) is 6.92 Å². The molecule has 6 nitrogen and oxygen atoms in total. The van der Waals surface area contributed by atoms with Crippen LogP contribution in [0, 0.1) is 5.41 Å². The van der Waals surface area contributed by atoms with Crippen LogP contribution in [-0.4, -0.2) is 31.1 Å². The SMILES string of the molecule is C=C(CC(C)(C(=O)OCC)C(=O)OCC)C(=O)Nc1ccccc1. The van der Waals surface area contributed by atoms with Crippen LogP contribution in [0.2, 0.25) is 0 Å². The Morgan fingerprint density at radius 1 is 1.04 bits per heavy atom. The van der Waals surface area contributed by atoms with Crippen LogP contribution in [0.3, 0.4) is 0 Å². The first-order chi connectivity index (χ1) is 11.3. The highest BCUT2D eigenvalue weighted by Crippen LogP contribution is 2.29. The number of amides is 1. The molecule has 0 radical (unpaired) electrons. The Morgan fingerprint density at radius 3 is 2.00 bits per heavy atom. The van der Waals surface area contributed by atoms with Gasteiger partial charge in [-0.3, -0.25) is 14.4 Å². The highest BCUT2D eigenvalue weighted by molar-refractivity contribution is 6.06. The molecule has 1 N–H and O–H groups in total. The molecule has 0 saturated heterocycles. The predicted molar refractivity (Wildman–Crippen MR) is 90.2 cm³/mol. The Balaban J connectivity index is 2.88. The van der Waals surface area contributed by atoms with Crippen molar-refractivity contribution in [1.82, 2.24) is 0 Å². The molecule has 0 fully saturated rings. The van der Waals surface area contributed by atoms with Gasteiger partial charge in [0.05, 0.1) is 13.2 Å². The lowest BCUT2D eigenvalue weighted by atomic mass is 9.83. The van der Waals surface area contributed by atoms with Gasteiger partial charge in [-0.25, -0.2) is 0 Å². The summed E-state index contributed by atoms with van der Waals surface area (Å²) in [5.41, 5.74) is -0.933.